The highest BCUT2D eigenvalue weighted by Crippen LogP contribution is 2.37. The molecule has 2 heterocycles. The lowest BCUT2D eigenvalue weighted by atomic mass is 10.1. The summed E-state index contributed by atoms with van der Waals surface area (Å²) >= 11 is 0. The van der Waals surface area contributed by atoms with Crippen molar-refractivity contribution in [1.29, 1.82) is 0 Å². The first-order chi connectivity index (χ1) is 16.0. The van der Waals surface area contributed by atoms with Gasteiger partial charge in [0.15, 0.2) is 5.88 Å². The molecule has 0 aliphatic heterocycles. The summed E-state index contributed by atoms with van der Waals surface area (Å²) in [4.78, 5) is 15.6. The number of aromatic hydroxyl groups is 2. The number of fused-ring (bicyclic) bond motifs is 1. The lowest BCUT2D eigenvalue weighted by molar-refractivity contribution is 0.102. The highest BCUT2D eigenvalue weighted by Gasteiger charge is 2.17. The molecule has 0 fully saturated rings. The summed E-state index contributed by atoms with van der Waals surface area (Å²) in [6, 6.07) is 23.8. The second kappa shape index (κ2) is 8.20. The average Bonchev–Trinajstić information content (AvgIpc) is 3.36. The standard InChI is InChI=1S/C26H20FN3O3/c27-19-7-4-8-20(13-19)28-25(32)23-12-18-11-17(9-10-22(18)29-23)21-14-24(31)30(26(21)33)15-16-5-2-1-3-6-16/h1-14,29,31,33H,15H2,(H,28,32). The maximum absolute atomic E-state index is 13.4. The van der Waals surface area contributed by atoms with Gasteiger partial charge in [-0.15, -0.1) is 0 Å². The van der Waals surface area contributed by atoms with E-state index in [2.05, 4.69) is 10.3 Å². The smallest absolute Gasteiger partial charge is 0.272 e. The van der Waals surface area contributed by atoms with Crippen molar-refractivity contribution in [2.45, 2.75) is 6.54 Å². The lowest BCUT2D eigenvalue weighted by Crippen LogP contribution is -2.12. The maximum Gasteiger partial charge on any atom is 0.272 e. The van der Waals surface area contributed by atoms with Crippen LogP contribution in [0.5, 0.6) is 11.8 Å². The van der Waals surface area contributed by atoms with Crippen LogP contribution < -0.4 is 5.32 Å². The van der Waals surface area contributed by atoms with Crippen LogP contribution in [0.3, 0.4) is 0 Å². The van der Waals surface area contributed by atoms with Crippen molar-refractivity contribution in [1.82, 2.24) is 9.55 Å². The van der Waals surface area contributed by atoms with Gasteiger partial charge >= 0.3 is 0 Å². The van der Waals surface area contributed by atoms with Crippen LogP contribution in [0.4, 0.5) is 10.1 Å². The molecule has 0 aliphatic rings. The van der Waals surface area contributed by atoms with Crippen molar-refractivity contribution < 1.29 is 19.4 Å². The number of H-pyrrole nitrogens is 1. The minimum Gasteiger partial charge on any atom is -0.494 e. The van der Waals surface area contributed by atoms with E-state index >= 15 is 0 Å². The molecule has 0 atom stereocenters. The van der Waals surface area contributed by atoms with E-state index in [1.165, 1.54) is 28.8 Å². The van der Waals surface area contributed by atoms with Crippen LogP contribution in [0.25, 0.3) is 22.0 Å². The summed E-state index contributed by atoms with van der Waals surface area (Å²) in [7, 11) is 0. The Labute approximate surface area is 188 Å². The number of hydrogen-bond acceptors (Lipinski definition) is 3. The first-order valence-corrected chi connectivity index (χ1v) is 10.3. The van der Waals surface area contributed by atoms with E-state index in [-0.39, 0.29) is 11.8 Å². The summed E-state index contributed by atoms with van der Waals surface area (Å²) in [6.45, 7) is 0.329. The number of amides is 1. The van der Waals surface area contributed by atoms with E-state index in [4.69, 9.17) is 0 Å². The largest absolute Gasteiger partial charge is 0.494 e. The van der Waals surface area contributed by atoms with Crippen molar-refractivity contribution in [3.05, 3.63) is 102 Å². The third-order valence-corrected chi connectivity index (χ3v) is 5.49. The third kappa shape index (κ3) is 4.04. The van der Waals surface area contributed by atoms with E-state index in [9.17, 15) is 19.4 Å². The van der Waals surface area contributed by atoms with Gasteiger partial charge in [0.1, 0.15) is 11.5 Å². The van der Waals surface area contributed by atoms with Crippen molar-refractivity contribution in [3.63, 3.8) is 0 Å². The predicted molar refractivity (Wildman–Crippen MR) is 125 cm³/mol. The number of aromatic amines is 1. The molecular weight excluding hydrogens is 421 g/mol. The molecule has 5 rings (SSSR count). The Balaban J connectivity index is 1.43. The van der Waals surface area contributed by atoms with Gasteiger partial charge in [0.25, 0.3) is 5.91 Å². The molecular formula is C26H20FN3O3. The van der Waals surface area contributed by atoms with Crippen LogP contribution in [-0.2, 0) is 6.54 Å². The van der Waals surface area contributed by atoms with E-state index in [1.54, 1.807) is 24.3 Å². The van der Waals surface area contributed by atoms with Crippen LogP contribution in [0, 0.1) is 5.82 Å². The van der Waals surface area contributed by atoms with E-state index in [0.29, 0.717) is 29.1 Å². The molecule has 0 saturated heterocycles. The Kier molecular flexibility index (Phi) is 5.06. The molecule has 5 aromatic rings. The van der Waals surface area contributed by atoms with Gasteiger partial charge in [-0.25, -0.2) is 4.39 Å². The number of halogens is 1. The van der Waals surface area contributed by atoms with Crippen molar-refractivity contribution >= 4 is 22.5 Å². The Morgan fingerprint density at radius 1 is 0.939 bits per heavy atom. The van der Waals surface area contributed by atoms with Gasteiger partial charge in [0.05, 0.1) is 6.54 Å². The van der Waals surface area contributed by atoms with Crippen LogP contribution >= 0.6 is 0 Å². The molecule has 1 amide bonds. The second-order valence-corrected chi connectivity index (χ2v) is 7.76. The molecule has 0 spiro atoms. The number of aromatic nitrogens is 2. The van der Waals surface area contributed by atoms with Crippen molar-refractivity contribution in [2.24, 2.45) is 0 Å². The molecule has 164 valence electrons. The summed E-state index contributed by atoms with van der Waals surface area (Å²) in [5.41, 5.74) is 3.53. The molecule has 4 N–H and O–H groups in total. The van der Waals surface area contributed by atoms with E-state index in [0.717, 1.165) is 16.5 Å². The fourth-order valence-corrected chi connectivity index (χ4v) is 3.85. The second-order valence-electron chi connectivity index (χ2n) is 7.76. The Bertz CT molecular complexity index is 1470. The Morgan fingerprint density at radius 3 is 2.55 bits per heavy atom. The quantitative estimate of drug-likeness (QED) is 0.291. The number of anilines is 1. The van der Waals surface area contributed by atoms with Crippen LogP contribution in [-0.4, -0.2) is 25.7 Å². The van der Waals surface area contributed by atoms with Gasteiger partial charge in [-0.2, -0.15) is 0 Å². The molecule has 0 radical (unpaired) electrons. The monoisotopic (exact) mass is 441 g/mol. The van der Waals surface area contributed by atoms with Gasteiger partial charge in [0, 0.05) is 28.2 Å². The highest BCUT2D eigenvalue weighted by molar-refractivity contribution is 6.06. The number of carbonyl (C=O) groups is 1. The zero-order chi connectivity index (χ0) is 22.9. The van der Waals surface area contributed by atoms with Crippen LogP contribution in [0.1, 0.15) is 16.1 Å². The topological polar surface area (TPSA) is 90.3 Å². The number of benzene rings is 3. The molecule has 2 aromatic heterocycles. The van der Waals surface area contributed by atoms with Crippen LogP contribution in [0.15, 0.2) is 84.9 Å². The Hall–Kier alpha value is -4.52. The molecule has 6 nitrogen and oxygen atoms in total. The summed E-state index contributed by atoms with van der Waals surface area (Å²) in [5.74, 6) is -0.921. The van der Waals surface area contributed by atoms with Crippen molar-refractivity contribution in [2.75, 3.05) is 5.32 Å². The number of nitrogens with zero attached hydrogens (tertiary/aromatic N) is 1. The van der Waals surface area contributed by atoms with Gasteiger partial charge in [0.2, 0.25) is 5.88 Å². The number of rotatable bonds is 5. The fraction of sp³-hybridized carbons (Fsp3) is 0.0385. The van der Waals surface area contributed by atoms with Gasteiger partial charge in [-0.1, -0.05) is 42.5 Å². The molecule has 3 aromatic carbocycles. The van der Waals surface area contributed by atoms with Gasteiger partial charge in [-0.05, 0) is 47.5 Å². The minimum absolute atomic E-state index is 0.0457. The summed E-state index contributed by atoms with van der Waals surface area (Å²) in [5, 5.41) is 24.6. The zero-order valence-corrected chi connectivity index (χ0v) is 17.4. The summed E-state index contributed by atoms with van der Waals surface area (Å²) in [6.07, 6.45) is 0. The maximum atomic E-state index is 13.4. The third-order valence-electron chi connectivity index (χ3n) is 5.49. The first kappa shape index (κ1) is 20.4. The first-order valence-electron chi connectivity index (χ1n) is 10.3. The molecule has 7 heteroatoms. The van der Waals surface area contributed by atoms with Crippen molar-refractivity contribution in [3.8, 4) is 22.9 Å². The highest BCUT2D eigenvalue weighted by atomic mass is 19.1. The molecule has 0 saturated carbocycles. The fourth-order valence-electron chi connectivity index (χ4n) is 3.85. The molecule has 0 bridgehead atoms. The van der Waals surface area contributed by atoms with Gasteiger partial charge < -0.3 is 20.5 Å². The van der Waals surface area contributed by atoms with E-state index in [1.807, 2.05) is 36.4 Å². The number of nitrogens with one attached hydrogen (secondary N) is 2. The zero-order valence-electron chi connectivity index (χ0n) is 17.4. The lowest BCUT2D eigenvalue weighted by Gasteiger charge is -2.07. The predicted octanol–water partition coefficient (Wildman–Crippen LogP) is 5.49. The van der Waals surface area contributed by atoms with Crippen LogP contribution in [0.2, 0.25) is 0 Å². The average molecular weight is 441 g/mol. The molecule has 33 heavy (non-hydrogen) atoms. The Morgan fingerprint density at radius 2 is 1.76 bits per heavy atom. The number of hydrogen-bond donors (Lipinski definition) is 4. The molecule has 0 aliphatic carbocycles. The molecule has 0 unspecified atom stereocenters. The minimum atomic E-state index is -0.434. The van der Waals surface area contributed by atoms with Gasteiger partial charge in [-0.3, -0.25) is 9.36 Å². The summed E-state index contributed by atoms with van der Waals surface area (Å²) < 4.78 is 14.8. The normalized spacial score (nSPS) is 11.1. The number of carbonyl (C=O) groups excluding carboxylic acids is 1. The SMILES string of the molecule is O=C(Nc1cccc(F)c1)c1cc2cc(-c3cc(O)n(Cc4ccccc4)c3O)ccc2[nH]1. The van der Waals surface area contributed by atoms with E-state index < -0.39 is 11.7 Å².